The van der Waals surface area contributed by atoms with Gasteiger partial charge in [-0.15, -0.1) is 0 Å². The number of carbonyl (C=O) groups excluding carboxylic acids is 1. The van der Waals surface area contributed by atoms with E-state index in [1.165, 1.54) is 12.3 Å². The van der Waals surface area contributed by atoms with Crippen LogP contribution in [-0.2, 0) is 4.79 Å². The lowest BCUT2D eigenvalue weighted by Crippen LogP contribution is -2.48. The Labute approximate surface area is 111 Å². The Bertz CT molecular complexity index is 490. The maximum atomic E-state index is 11.9. The standard InChI is InChI=1S/C13H17N3O3/c1-14-12(17)11-4-2-3-7-16(11)9-5-6-15-10(8-9)13(18)19/h5-6,8,11H,2-4,7H2,1H3,(H,14,17)(H,18,19). The third-order valence-electron chi connectivity index (χ3n) is 3.35. The van der Waals surface area contributed by atoms with E-state index in [0.717, 1.165) is 31.5 Å². The summed E-state index contributed by atoms with van der Waals surface area (Å²) in [4.78, 5) is 28.6. The molecular weight excluding hydrogens is 246 g/mol. The van der Waals surface area contributed by atoms with Gasteiger partial charge in [0.2, 0.25) is 5.91 Å². The fourth-order valence-corrected chi connectivity index (χ4v) is 2.39. The number of carboxylic acid groups (broad SMARTS) is 1. The van der Waals surface area contributed by atoms with Gasteiger partial charge in [-0.1, -0.05) is 0 Å². The van der Waals surface area contributed by atoms with Gasteiger partial charge in [-0.05, 0) is 31.4 Å². The van der Waals surface area contributed by atoms with Crippen LogP contribution in [0.5, 0.6) is 0 Å². The monoisotopic (exact) mass is 263 g/mol. The molecule has 19 heavy (non-hydrogen) atoms. The number of aromatic nitrogens is 1. The van der Waals surface area contributed by atoms with Crippen LogP contribution in [0, 0.1) is 0 Å². The fraction of sp³-hybridized carbons (Fsp3) is 0.462. The van der Waals surface area contributed by atoms with Crippen LogP contribution >= 0.6 is 0 Å². The predicted molar refractivity (Wildman–Crippen MR) is 70.2 cm³/mol. The van der Waals surface area contributed by atoms with E-state index in [9.17, 15) is 9.59 Å². The van der Waals surface area contributed by atoms with Crippen molar-refractivity contribution >= 4 is 17.6 Å². The highest BCUT2D eigenvalue weighted by Crippen LogP contribution is 2.25. The molecule has 0 aromatic carbocycles. The third-order valence-corrected chi connectivity index (χ3v) is 3.35. The number of rotatable bonds is 3. The van der Waals surface area contributed by atoms with Crippen molar-refractivity contribution in [2.75, 3.05) is 18.5 Å². The molecule has 2 N–H and O–H groups in total. The van der Waals surface area contributed by atoms with E-state index in [4.69, 9.17) is 5.11 Å². The summed E-state index contributed by atoms with van der Waals surface area (Å²) in [6.07, 6.45) is 4.25. The van der Waals surface area contributed by atoms with Crippen molar-refractivity contribution in [2.24, 2.45) is 0 Å². The summed E-state index contributed by atoms with van der Waals surface area (Å²) in [5, 5.41) is 11.6. The molecule has 6 heteroatoms. The van der Waals surface area contributed by atoms with Gasteiger partial charge in [0.05, 0.1) is 0 Å². The van der Waals surface area contributed by atoms with Crippen LogP contribution in [0.15, 0.2) is 18.3 Å². The van der Waals surface area contributed by atoms with Crippen LogP contribution < -0.4 is 10.2 Å². The Morgan fingerprint density at radius 3 is 2.95 bits per heavy atom. The lowest BCUT2D eigenvalue weighted by atomic mass is 10.0. The first-order chi connectivity index (χ1) is 9.13. The maximum absolute atomic E-state index is 11.9. The van der Waals surface area contributed by atoms with Gasteiger partial charge in [0.15, 0.2) is 0 Å². The molecular formula is C13H17N3O3. The number of carboxylic acids is 1. The van der Waals surface area contributed by atoms with Gasteiger partial charge in [0, 0.05) is 25.5 Å². The van der Waals surface area contributed by atoms with Crippen molar-refractivity contribution in [1.29, 1.82) is 0 Å². The second kappa shape index (κ2) is 5.69. The second-order valence-corrected chi connectivity index (χ2v) is 4.52. The molecule has 2 rings (SSSR count). The molecule has 0 spiro atoms. The molecule has 0 saturated carbocycles. The average Bonchev–Trinajstić information content (AvgIpc) is 2.46. The first-order valence-electron chi connectivity index (χ1n) is 6.31. The maximum Gasteiger partial charge on any atom is 0.354 e. The third kappa shape index (κ3) is 2.83. The zero-order chi connectivity index (χ0) is 13.8. The van der Waals surface area contributed by atoms with E-state index in [0.29, 0.717) is 0 Å². The summed E-state index contributed by atoms with van der Waals surface area (Å²) >= 11 is 0. The Hall–Kier alpha value is -2.11. The Kier molecular flexibility index (Phi) is 3.99. The molecule has 1 fully saturated rings. The van der Waals surface area contributed by atoms with Gasteiger partial charge in [-0.3, -0.25) is 4.79 Å². The Morgan fingerprint density at radius 1 is 1.47 bits per heavy atom. The molecule has 0 bridgehead atoms. The van der Waals surface area contributed by atoms with Crippen molar-refractivity contribution in [3.63, 3.8) is 0 Å². The highest BCUT2D eigenvalue weighted by molar-refractivity contribution is 5.88. The largest absolute Gasteiger partial charge is 0.477 e. The molecule has 1 aliphatic rings. The molecule has 6 nitrogen and oxygen atoms in total. The SMILES string of the molecule is CNC(=O)C1CCCCN1c1ccnc(C(=O)O)c1. The van der Waals surface area contributed by atoms with E-state index >= 15 is 0 Å². The van der Waals surface area contributed by atoms with Crippen LogP contribution in [0.25, 0.3) is 0 Å². The summed E-state index contributed by atoms with van der Waals surface area (Å²) in [7, 11) is 1.62. The zero-order valence-corrected chi connectivity index (χ0v) is 10.8. The fourth-order valence-electron chi connectivity index (χ4n) is 2.39. The molecule has 1 amide bonds. The molecule has 1 aromatic heterocycles. The first kappa shape index (κ1) is 13.3. The van der Waals surface area contributed by atoms with Crippen molar-refractivity contribution < 1.29 is 14.7 Å². The minimum Gasteiger partial charge on any atom is -0.477 e. The minimum atomic E-state index is -1.06. The van der Waals surface area contributed by atoms with Crippen LogP contribution in [-0.4, -0.2) is 41.6 Å². The van der Waals surface area contributed by atoms with Crippen molar-refractivity contribution in [1.82, 2.24) is 10.3 Å². The summed E-state index contributed by atoms with van der Waals surface area (Å²) in [5.74, 6) is -1.09. The van der Waals surface area contributed by atoms with E-state index in [1.54, 1.807) is 13.1 Å². The molecule has 1 unspecified atom stereocenters. The summed E-state index contributed by atoms with van der Waals surface area (Å²) < 4.78 is 0. The van der Waals surface area contributed by atoms with Gasteiger partial charge < -0.3 is 15.3 Å². The summed E-state index contributed by atoms with van der Waals surface area (Å²) in [6.45, 7) is 0.751. The highest BCUT2D eigenvalue weighted by Gasteiger charge is 2.28. The molecule has 1 aromatic rings. The van der Waals surface area contributed by atoms with Crippen LogP contribution in [0.1, 0.15) is 29.8 Å². The lowest BCUT2D eigenvalue weighted by Gasteiger charge is -2.36. The van der Waals surface area contributed by atoms with E-state index in [-0.39, 0.29) is 17.6 Å². The number of aromatic carboxylic acids is 1. The number of nitrogens with one attached hydrogen (secondary N) is 1. The minimum absolute atomic E-state index is 0.00118. The van der Waals surface area contributed by atoms with Crippen LogP contribution in [0.4, 0.5) is 5.69 Å². The zero-order valence-electron chi connectivity index (χ0n) is 10.8. The Morgan fingerprint density at radius 2 is 2.26 bits per heavy atom. The van der Waals surface area contributed by atoms with Crippen molar-refractivity contribution in [3.05, 3.63) is 24.0 Å². The highest BCUT2D eigenvalue weighted by atomic mass is 16.4. The molecule has 1 aliphatic heterocycles. The van der Waals surface area contributed by atoms with E-state index < -0.39 is 5.97 Å². The van der Waals surface area contributed by atoms with Crippen LogP contribution in [0.2, 0.25) is 0 Å². The summed E-state index contributed by atoms with van der Waals surface area (Å²) in [5.41, 5.74) is 0.736. The van der Waals surface area contributed by atoms with Crippen molar-refractivity contribution in [3.8, 4) is 0 Å². The molecule has 102 valence electrons. The quantitative estimate of drug-likeness (QED) is 0.846. The number of carbonyl (C=O) groups is 2. The lowest BCUT2D eigenvalue weighted by molar-refractivity contribution is -0.122. The van der Waals surface area contributed by atoms with Gasteiger partial charge in [0.25, 0.3) is 0 Å². The number of amides is 1. The van der Waals surface area contributed by atoms with E-state index in [1.807, 2.05) is 4.90 Å². The van der Waals surface area contributed by atoms with Gasteiger partial charge >= 0.3 is 5.97 Å². The number of anilines is 1. The topological polar surface area (TPSA) is 82.5 Å². The molecule has 1 atom stereocenters. The second-order valence-electron chi connectivity index (χ2n) is 4.52. The van der Waals surface area contributed by atoms with Gasteiger partial charge in [-0.2, -0.15) is 0 Å². The first-order valence-corrected chi connectivity index (χ1v) is 6.31. The van der Waals surface area contributed by atoms with Crippen molar-refractivity contribution in [2.45, 2.75) is 25.3 Å². The normalized spacial score (nSPS) is 19.0. The van der Waals surface area contributed by atoms with Crippen LogP contribution in [0.3, 0.4) is 0 Å². The predicted octanol–water partition coefficient (Wildman–Crippen LogP) is 0.885. The van der Waals surface area contributed by atoms with Gasteiger partial charge in [0.1, 0.15) is 11.7 Å². The number of hydrogen-bond acceptors (Lipinski definition) is 4. The van der Waals surface area contributed by atoms with Gasteiger partial charge in [-0.25, -0.2) is 9.78 Å². The van der Waals surface area contributed by atoms with E-state index in [2.05, 4.69) is 10.3 Å². The average molecular weight is 263 g/mol. The number of hydrogen-bond donors (Lipinski definition) is 2. The molecule has 0 radical (unpaired) electrons. The molecule has 0 aliphatic carbocycles. The number of piperidine rings is 1. The molecule has 2 heterocycles. The number of nitrogens with zero attached hydrogens (tertiary/aromatic N) is 2. The number of likely N-dealkylation sites (N-methyl/N-ethyl adjacent to an activating group) is 1. The number of pyridine rings is 1. The summed E-state index contributed by atoms with van der Waals surface area (Å²) in [6, 6.07) is 3.03. The Balaban J connectivity index is 2.29. The smallest absolute Gasteiger partial charge is 0.354 e. The molecule has 1 saturated heterocycles.